The van der Waals surface area contributed by atoms with Gasteiger partial charge < -0.3 is 4.74 Å². The van der Waals surface area contributed by atoms with Crippen LogP contribution in [0.15, 0.2) is 34.1 Å². The fourth-order valence-electron chi connectivity index (χ4n) is 1.61. The molecule has 4 heteroatoms. The number of rotatable bonds is 2. The quantitative estimate of drug-likeness (QED) is 0.774. The first-order chi connectivity index (χ1) is 8.13. The standard InChI is InChI=1S/C13H11BrO2S/c1-8-11(13(15)16-2)7-17-12(8)9-3-5-10(14)6-4-9/h3-7H,1-2H3. The predicted molar refractivity (Wildman–Crippen MR) is 73.5 cm³/mol. The Labute approximate surface area is 112 Å². The molecule has 2 rings (SSSR count). The van der Waals surface area contributed by atoms with Gasteiger partial charge in [0.25, 0.3) is 0 Å². The van der Waals surface area contributed by atoms with Crippen molar-refractivity contribution in [2.75, 3.05) is 7.11 Å². The molecule has 0 N–H and O–H groups in total. The van der Waals surface area contributed by atoms with E-state index < -0.39 is 0 Å². The maximum Gasteiger partial charge on any atom is 0.338 e. The second kappa shape index (κ2) is 5.02. The molecule has 2 aromatic rings. The van der Waals surface area contributed by atoms with Crippen LogP contribution < -0.4 is 0 Å². The molecule has 1 heterocycles. The molecule has 0 aliphatic rings. The third kappa shape index (κ3) is 2.42. The number of esters is 1. The van der Waals surface area contributed by atoms with E-state index in [1.165, 1.54) is 7.11 Å². The highest BCUT2D eigenvalue weighted by molar-refractivity contribution is 9.10. The number of methoxy groups -OCH3 is 1. The molecule has 88 valence electrons. The van der Waals surface area contributed by atoms with Gasteiger partial charge >= 0.3 is 5.97 Å². The molecule has 17 heavy (non-hydrogen) atoms. The molecule has 0 amide bonds. The third-order valence-corrected chi connectivity index (χ3v) is 4.21. The highest BCUT2D eigenvalue weighted by Crippen LogP contribution is 2.33. The Morgan fingerprint density at radius 2 is 1.94 bits per heavy atom. The molecular weight excluding hydrogens is 300 g/mol. The van der Waals surface area contributed by atoms with E-state index in [2.05, 4.69) is 15.9 Å². The number of ether oxygens (including phenoxy) is 1. The van der Waals surface area contributed by atoms with Gasteiger partial charge in [-0.15, -0.1) is 11.3 Å². The molecule has 1 aromatic carbocycles. The van der Waals surface area contributed by atoms with Crippen molar-refractivity contribution in [2.45, 2.75) is 6.92 Å². The topological polar surface area (TPSA) is 26.3 Å². The number of hydrogen-bond donors (Lipinski definition) is 0. The van der Waals surface area contributed by atoms with Crippen molar-refractivity contribution in [1.29, 1.82) is 0 Å². The predicted octanol–water partition coefficient (Wildman–Crippen LogP) is 4.27. The summed E-state index contributed by atoms with van der Waals surface area (Å²) in [5.74, 6) is -0.276. The summed E-state index contributed by atoms with van der Waals surface area (Å²) in [6, 6.07) is 8.05. The van der Waals surface area contributed by atoms with Crippen LogP contribution in [0.2, 0.25) is 0 Å². The lowest BCUT2D eigenvalue weighted by Gasteiger charge is -2.02. The fourth-order valence-corrected chi connectivity index (χ4v) is 2.95. The van der Waals surface area contributed by atoms with Crippen LogP contribution in [0.5, 0.6) is 0 Å². The van der Waals surface area contributed by atoms with E-state index in [1.807, 2.05) is 36.6 Å². The molecule has 0 aliphatic carbocycles. The number of hydrogen-bond acceptors (Lipinski definition) is 3. The van der Waals surface area contributed by atoms with Crippen LogP contribution >= 0.6 is 27.3 Å². The molecule has 0 saturated heterocycles. The second-order valence-corrected chi connectivity index (χ2v) is 5.40. The Balaban J connectivity index is 2.44. The van der Waals surface area contributed by atoms with Crippen molar-refractivity contribution in [3.63, 3.8) is 0 Å². The average Bonchev–Trinajstić information content (AvgIpc) is 2.71. The van der Waals surface area contributed by atoms with Gasteiger partial charge in [-0.25, -0.2) is 4.79 Å². The lowest BCUT2D eigenvalue weighted by atomic mass is 10.1. The number of carbonyl (C=O) groups excluding carboxylic acids is 1. The zero-order chi connectivity index (χ0) is 12.4. The first-order valence-corrected chi connectivity index (χ1v) is 6.73. The highest BCUT2D eigenvalue weighted by atomic mass is 79.9. The monoisotopic (exact) mass is 310 g/mol. The van der Waals surface area contributed by atoms with E-state index in [-0.39, 0.29) is 5.97 Å². The summed E-state index contributed by atoms with van der Waals surface area (Å²) in [5, 5.41) is 1.85. The van der Waals surface area contributed by atoms with Gasteiger partial charge in [-0.1, -0.05) is 28.1 Å². The van der Waals surface area contributed by atoms with Crippen molar-refractivity contribution in [1.82, 2.24) is 0 Å². The summed E-state index contributed by atoms with van der Waals surface area (Å²) < 4.78 is 5.79. The maximum absolute atomic E-state index is 11.5. The zero-order valence-electron chi connectivity index (χ0n) is 9.49. The molecule has 0 radical (unpaired) electrons. The Bertz CT molecular complexity index is 543. The SMILES string of the molecule is COC(=O)c1csc(-c2ccc(Br)cc2)c1C. The summed E-state index contributed by atoms with van der Waals surface area (Å²) in [5.41, 5.74) is 2.74. The minimum absolute atomic E-state index is 0.276. The normalized spacial score (nSPS) is 10.3. The van der Waals surface area contributed by atoms with Crippen molar-refractivity contribution in [3.8, 4) is 10.4 Å². The van der Waals surface area contributed by atoms with Crippen LogP contribution in [0, 0.1) is 6.92 Å². The van der Waals surface area contributed by atoms with Crippen LogP contribution in [-0.4, -0.2) is 13.1 Å². The molecular formula is C13H11BrO2S. The van der Waals surface area contributed by atoms with Crippen molar-refractivity contribution < 1.29 is 9.53 Å². The van der Waals surface area contributed by atoms with Gasteiger partial charge in [0, 0.05) is 14.7 Å². The van der Waals surface area contributed by atoms with Crippen molar-refractivity contribution >= 4 is 33.2 Å². The maximum atomic E-state index is 11.5. The van der Waals surface area contributed by atoms with Gasteiger partial charge in [-0.2, -0.15) is 0 Å². The van der Waals surface area contributed by atoms with Crippen LogP contribution in [0.4, 0.5) is 0 Å². The molecule has 2 nitrogen and oxygen atoms in total. The molecule has 0 unspecified atom stereocenters. The summed E-state index contributed by atoms with van der Waals surface area (Å²) in [6.07, 6.45) is 0. The van der Waals surface area contributed by atoms with Gasteiger partial charge in [-0.3, -0.25) is 0 Å². The Morgan fingerprint density at radius 3 is 2.53 bits per heavy atom. The first-order valence-electron chi connectivity index (χ1n) is 5.06. The van der Waals surface area contributed by atoms with E-state index in [0.717, 1.165) is 20.5 Å². The highest BCUT2D eigenvalue weighted by Gasteiger charge is 2.15. The Morgan fingerprint density at radius 1 is 1.29 bits per heavy atom. The number of benzene rings is 1. The Kier molecular flexibility index (Phi) is 3.64. The van der Waals surface area contributed by atoms with Gasteiger partial charge in [0.15, 0.2) is 0 Å². The van der Waals surface area contributed by atoms with E-state index in [4.69, 9.17) is 4.74 Å². The minimum Gasteiger partial charge on any atom is -0.465 e. The molecule has 0 atom stereocenters. The summed E-state index contributed by atoms with van der Waals surface area (Å²) >= 11 is 4.97. The summed E-state index contributed by atoms with van der Waals surface area (Å²) in [6.45, 7) is 1.94. The van der Waals surface area contributed by atoms with Crippen molar-refractivity contribution in [2.24, 2.45) is 0 Å². The summed E-state index contributed by atoms with van der Waals surface area (Å²) in [7, 11) is 1.40. The van der Waals surface area contributed by atoms with Crippen LogP contribution in [0.1, 0.15) is 15.9 Å². The van der Waals surface area contributed by atoms with E-state index in [1.54, 1.807) is 11.3 Å². The first kappa shape index (κ1) is 12.3. The smallest absolute Gasteiger partial charge is 0.338 e. The third-order valence-electron chi connectivity index (χ3n) is 2.55. The van der Waals surface area contributed by atoms with Crippen LogP contribution in [0.25, 0.3) is 10.4 Å². The summed E-state index contributed by atoms with van der Waals surface area (Å²) in [4.78, 5) is 12.6. The lowest BCUT2D eigenvalue weighted by Crippen LogP contribution is -2.01. The zero-order valence-corrected chi connectivity index (χ0v) is 11.9. The van der Waals surface area contributed by atoms with E-state index in [9.17, 15) is 4.79 Å². The van der Waals surface area contributed by atoms with E-state index >= 15 is 0 Å². The van der Waals surface area contributed by atoms with Crippen LogP contribution in [0.3, 0.4) is 0 Å². The number of halogens is 1. The minimum atomic E-state index is -0.276. The number of thiophene rings is 1. The molecule has 0 aliphatic heterocycles. The van der Waals surface area contributed by atoms with Crippen molar-refractivity contribution in [3.05, 3.63) is 45.2 Å². The van der Waals surface area contributed by atoms with E-state index in [0.29, 0.717) is 5.56 Å². The molecule has 1 aromatic heterocycles. The fraction of sp³-hybridized carbons (Fsp3) is 0.154. The van der Waals surface area contributed by atoms with Gasteiger partial charge in [0.2, 0.25) is 0 Å². The second-order valence-electron chi connectivity index (χ2n) is 3.60. The number of carbonyl (C=O) groups is 1. The van der Waals surface area contributed by atoms with Gasteiger partial charge in [0.05, 0.1) is 12.7 Å². The van der Waals surface area contributed by atoms with Crippen LogP contribution in [-0.2, 0) is 4.74 Å². The average molecular weight is 311 g/mol. The molecule has 0 saturated carbocycles. The molecule has 0 bridgehead atoms. The molecule has 0 spiro atoms. The lowest BCUT2D eigenvalue weighted by molar-refractivity contribution is 0.0600. The largest absolute Gasteiger partial charge is 0.465 e. The van der Waals surface area contributed by atoms with Gasteiger partial charge in [0.1, 0.15) is 0 Å². The van der Waals surface area contributed by atoms with Gasteiger partial charge in [-0.05, 0) is 30.2 Å². The Hall–Kier alpha value is -1.13. The molecule has 0 fully saturated rings.